The lowest BCUT2D eigenvalue weighted by molar-refractivity contribution is -0.173. The topological polar surface area (TPSA) is 94.5 Å². The van der Waals surface area contributed by atoms with E-state index in [1.165, 1.54) is 0 Å². The fraction of sp³-hybridized carbons (Fsp3) is 0.500. The molecule has 3 atom stereocenters. The molecule has 1 aromatic rings. The van der Waals surface area contributed by atoms with Crippen molar-refractivity contribution in [3.63, 3.8) is 0 Å². The molecular formula is C18H22O7. The number of hydrogen-bond donors (Lipinski definition) is 2. The molecule has 1 aromatic carbocycles. The smallest absolute Gasteiger partial charge is 0.370 e. The second-order valence-electron chi connectivity index (χ2n) is 5.95. The van der Waals surface area contributed by atoms with Crippen LogP contribution in [0.3, 0.4) is 0 Å². The van der Waals surface area contributed by atoms with Crippen molar-refractivity contribution in [1.29, 1.82) is 0 Å². The summed E-state index contributed by atoms with van der Waals surface area (Å²) in [6.07, 6.45) is 2.15. The Hall–Kier alpha value is -2.25. The van der Waals surface area contributed by atoms with Gasteiger partial charge in [-0.3, -0.25) is 0 Å². The molecule has 0 aliphatic carbocycles. The van der Waals surface area contributed by atoms with Gasteiger partial charge in [-0.15, -0.1) is 0 Å². The Balaban J connectivity index is 1.97. The van der Waals surface area contributed by atoms with Gasteiger partial charge in [0.1, 0.15) is 0 Å². The molecule has 0 amide bonds. The molecule has 0 aromatic heterocycles. The molecule has 136 valence electrons. The standard InChI is InChI=1S/C18H22O7/c1-2-22-18-12(4-3-7-19)13(9-16(25-18)17(20)21)11-5-6-14-15(8-11)24-10-23-14/h5-6,8-9,12-13,18-19H,2-4,7,10H2,1H3,(H,20,21)/t12-,13+,18+/m1/s1. The SMILES string of the molecule is CCO[C@H]1OC(C(=O)O)=C[C@@H](c2ccc3c(c2)OCO3)[C@H]1CCCO. The predicted molar refractivity (Wildman–Crippen MR) is 87.3 cm³/mol. The third kappa shape index (κ3) is 3.72. The maximum Gasteiger partial charge on any atom is 0.370 e. The lowest BCUT2D eigenvalue weighted by atomic mass is 9.80. The van der Waals surface area contributed by atoms with Crippen LogP contribution in [0.1, 0.15) is 31.2 Å². The second kappa shape index (κ2) is 7.76. The summed E-state index contributed by atoms with van der Waals surface area (Å²) in [5, 5.41) is 18.6. The maximum absolute atomic E-state index is 11.5. The Labute approximate surface area is 145 Å². The summed E-state index contributed by atoms with van der Waals surface area (Å²) < 4.78 is 22.0. The van der Waals surface area contributed by atoms with E-state index in [9.17, 15) is 15.0 Å². The molecule has 0 unspecified atom stereocenters. The molecule has 2 heterocycles. The number of aliphatic carboxylic acids is 1. The number of aliphatic hydroxyl groups is 1. The van der Waals surface area contributed by atoms with Crippen molar-refractivity contribution in [2.24, 2.45) is 5.92 Å². The van der Waals surface area contributed by atoms with Gasteiger partial charge in [-0.25, -0.2) is 4.79 Å². The van der Waals surface area contributed by atoms with Crippen LogP contribution >= 0.6 is 0 Å². The first-order valence-electron chi connectivity index (χ1n) is 8.37. The summed E-state index contributed by atoms with van der Waals surface area (Å²) in [6, 6.07) is 5.58. The highest BCUT2D eigenvalue weighted by molar-refractivity contribution is 5.84. The van der Waals surface area contributed by atoms with Gasteiger partial charge in [0.15, 0.2) is 11.5 Å². The van der Waals surface area contributed by atoms with Gasteiger partial charge in [0.25, 0.3) is 0 Å². The molecule has 2 aliphatic rings. The summed E-state index contributed by atoms with van der Waals surface area (Å²) in [5.74, 6) is -0.278. The van der Waals surface area contributed by atoms with Gasteiger partial charge in [0.2, 0.25) is 18.8 Å². The Bertz CT molecular complexity index is 655. The normalized spacial score (nSPS) is 24.6. The number of benzene rings is 1. The molecule has 25 heavy (non-hydrogen) atoms. The molecule has 0 bridgehead atoms. The Kier molecular flexibility index (Phi) is 5.45. The quantitative estimate of drug-likeness (QED) is 0.779. The van der Waals surface area contributed by atoms with Gasteiger partial charge in [0.05, 0.1) is 0 Å². The van der Waals surface area contributed by atoms with E-state index in [2.05, 4.69) is 0 Å². The fourth-order valence-electron chi connectivity index (χ4n) is 3.26. The van der Waals surface area contributed by atoms with E-state index in [4.69, 9.17) is 18.9 Å². The van der Waals surface area contributed by atoms with Gasteiger partial charge in [0, 0.05) is 25.0 Å². The van der Waals surface area contributed by atoms with Crippen LogP contribution in [-0.4, -0.2) is 42.5 Å². The minimum atomic E-state index is -1.13. The average Bonchev–Trinajstić information content (AvgIpc) is 3.07. The minimum absolute atomic E-state index is 0.0543. The number of rotatable bonds is 7. The average molecular weight is 350 g/mol. The van der Waals surface area contributed by atoms with Crippen LogP contribution in [0.25, 0.3) is 0 Å². The Morgan fingerprint density at radius 3 is 2.84 bits per heavy atom. The molecule has 0 saturated carbocycles. The zero-order chi connectivity index (χ0) is 17.8. The van der Waals surface area contributed by atoms with Crippen molar-refractivity contribution in [1.82, 2.24) is 0 Å². The van der Waals surface area contributed by atoms with E-state index in [0.717, 1.165) is 5.56 Å². The number of aliphatic hydroxyl groups excluding tert-OH is 1. The zero-order valence-electron chi connectivity index (χ0n) is 14.0. The predicted octanol–water partition coefficient (Wildman–Crippen LogP) is 2.25. The van der Waals surface area contributed by atoms with Crippen molar-refractivity contribution in [2.45, 2.75) is 32.0 Å². The highest BCUT2D eigenvalue weighted by Crippen LogP contribution is 2.42. The van der Waals surface area contributed by atoms with Crippen LogP contribution in [0.2, 0.25) is 0 Å². The van der Waals surface area contributed by atoms with E-state index in [0.29, 0.717) is 30.9 Å². The van der Waals surface area contributed by atoms with E-state index in [1.54, 1.807) is 6.08 Å². The van der Waals surface area contributed by atoms with Crippen LogP contribution < -0.4 is 9.47 Å². The van der Waals surface area contributed by atoms with E-state index >= 15 is 0 Å². The zero-order valence-corrected chi connectivity index (χ0v) is 14.0. The highest BCUT2D eigenvalue weighted by atomic mass is 16.7. The second-order valence-corrected chi connectivity index (χ2v) is 5.95. The molecule has 2 aliphatic heterocycles. The molecule has 0 radical (unpaired) electrons. The Morgan fingerprint density at radius 2 is 2.12 bits per heavy atom. The molecule has 2 N–H and O–H groups in total. The van der Waals surface area contributed by atoms with Crippen molar-refractivity contribution >= 4 is 5.97 Å². The van der Waals surface area contributed by atoms with Crippen LogP contribution in [0.15, 0.2) is 30.0 Å². The highest BCUT2D eigenvalue weighted by Gasteiger charge is 2.38. The first-order valence-corrected chi connectivity index (χ1v) is 8.37. The number of carboxylic acids is 1. The molecule has 7 nitrogen and oxygen atoms in total. The molecule has 3 rings (SSSR count). The van der Waals surface area contributed by atoms with Crippen LogP contribution in [-0.2, 0) is 14.3 Å². The monoisotopic (exact) mass is 350 g/mol. The molecule has 0 fully saturated rings. The maximum atomic E-state index is 11.5. The van der Waals surface area contributed by atoms with E-state index in [1.807, 2.05) is 25.1 Å². The van der Waals surface area contributed by atoms with Gasteiger partial charge in [-0.05, 0) is 43.5 Å². The number of carboxylic acid groups (broad SMARTS) is 1. The van der Waals surface area contributed by atoms with Crippen LogP contribution in [0, 0.1) is 5.92 Å². The van der Waals surface area contributed by atoms with Gasteiger partial charge < -0.3 is 29.2 Å². The largest absolute Gasteiger partial charge is 0.475 e. The molecular weight excluding hydrogens is 328 g/mol. The first kappa shape index (κ1) is 17.6. The van der Waals surface area contributed by atoms with E-state index < -0.39 is 12.3 Å². The number of allylic oxidation sites excluding steroid dienone is 1. The minimum Gasteiger partial charge on any atom is -0.475 e. The third-order valence-electron chi connectivity index (χ3n) is 4.40. The number of carbonyl (C=O) groups is 1. The Morgan fingerprint density at radius 1 is 1.32 bits per heavy atom. The van der Waals surface area contributed by atoms with Crippen LogP contribution in [0.4, 0.5) is 0 Å². The van der Waals surface area contributed by atoms with Gasteiger partial charge >= 0.3 is 5.97 Å². The third-order valence-corrected chi connectivity index (χ3v) is 4.40. The first-order chi connectivity index (χ1) is 12.1. The van der Waals surface area contributed by atoms with Crippen molar-refractivity contribution in [2.75, 3.05) is 20.0 Å². The lowest BCUT2D eigenvalue weighted by Crippen LogP contribution is -2.36. The summed E-state index contributed by atoms with van der Waals surface area (Å²) in [7, 11) is 0. The van der Waals surface area contributed by atoms with Gasteiger partial charge in [-0.1, -0.05) is 6.07 Å². The van der Waals surface area contributed by atoms with Gasteiger partial charge in [-0.2, -0.15) is 0 Å². The number of hydrogen-bond acceptors (Lipinski definition) is 6. The molecule has 0 saturated heterocycles. The van der Waals surface area contributed by atoms with Crippen molar-refractivity contribution in [3.8, 4) is 11.5 Å². The molecule has 7 heteroatoms. The van der Waals surface area contributed by atoms with Crippen molar-refractivity contribution < 1.29 is 34.0 Å². The number of fused-ring (bicyclic) bond motifs is 1. The molecule has 0 spiro atoms. The van der Waals surface area contributed by atoms with E-state index in [-0.39, 0.29) is 31.0 Å². The van der Waals surface area contributed by atoms with Crippen LogP contribution in [0.5, 0.6) is 11.5 Å². The summed E-state index contributed by atoms with van der Waals surface area (Å²) in [4.78, 5) is 11.5. The summed E-state index contributed by atoms with van der Waals surface area (Å²) >= 11 is 0. The summed E-state index contributed by atoms with van der Waals surface area (Å²) in [5.41, 5.74) is 0.902. The fourth-order valence-corrected chi connectivity index (χ4v) is 3.26. The lowest BCUT2D eigenvalue weighted by Gasteiger charge is -2.36. The van der Waals surface area contributed by atoms with Crippen molar-refractivity contribution in [3.05, 3.63) is 35.6 Å². The summed E-state index contributed by atoms with van der Waals surface area (Å²) in [6.45, 7) is 2.47. The number of ether oxygens (including phenoxy) is 4.